The van der Waals surface area contributed by atoms with Crippen LogP contribution in [0.4, 0.5) is 17.3 Å². The second-order valence-corrected chi connectivity index (χ2v) is 8.74. The molecule has 0 radical (unpaired) electrons. The molecule has 0 aliphatic carbocycles. The third-order valence-electron chi connectivity index (χ3n) is 5.69. The smallest absolute Gasteiger partial charge is 0.257 e. The predicted molar refractivity (Wildman–Crippen MR) is 147 cm³/mol. The molecule has 0 bridgehead atoms. The molecule has 35 heavy (non-hydrogen) atoms. The Labute approximate surface area is 215 Å². The molecule has 180 valence electrons. The van der Waals surface area contributed by atoms with E-state index in [9.17, 15) is 4.79 Å². The molecule has 1 aliphatic heterocycles. The van der Waals surface area contributed by atoms with E-state index in [0.29, 0.717) is 38.3 Å². The quantitative estimate of drug-likeness (QED) is 0.272. The van der Waals surface area contributed by atoms with Gasteiger partial charge in [0.1, 0.15) is 6.17 Å². The van der Waals surface area contributed by atoms with E-state index in [2.05, 4.69) is 27.0 Å². The number of aromatic nitrogens is 2. The number of halogens is 2. The van der Waals surface area contributed by atoms with E-state index in [0.717, 1.165) is 16.8 Å². The SMILES string of the molecule is C/C(=C\c1ccccc1)C1NC(=O)c2c(ccc3nc(Nc4c(Cl)cccc4Cl)n(C)c23)N1.CC. The molecule has 3 aromatic carbocycles. The second kappa shape index (κ2) is 10.4. The van der Waals surface area contributed by atoms with Gasteiger partial charge in [-0.05, 0) is 42.3 Å². The van der Waals surface area contributed by atoms with Gasteiger partial charge in [-0.1, -0.05) is 79.5 Å². The molecule has 6 nitrogen and oxygen atoms in total. The number of hydrogen-bond donors (Lipinski definition) is 3. The van der Waals surface area contributed by atoms with Gasteiger partial charge in [0.15, 0.2) is 0 Å². The monoisotopic (exact) mass is 507 g/mol. The number of fused-ring (bicyclic) bond motifs is 3. The fourth-order valence-corrected chi connectivity index (χ4v) is 4.51. The van der Waals surface area contributed by atoms with Crippen LogP contribution in [-0.2, 0) is 7.05 Å². The van der Waals surface area contributed by atoms with Crippen LogP contribution in [0.1, 0.15) is 36.7 Å². The lowest BCUT2D eigenvalue weighted by atomic mass is 10.0. The van der Waals surface area contributed by atoms with Crippen molar-refractivity contribution in [1.29, 1.82) is 0 Å². The number of benzene rings is 3. The summed E-state index contributed by atoms with van der Waals surface area (Å²) in [6, 6.07) is 19.1. The molecule has 2 heterocycles. The third kappa shape index (κ3) is 4.85. The molecule has 1 atom stereocenters. The van der Waals surface area contributed by atoms with E-state index in [1.807, 2.05) is 74.9 Å². The van der Waals surface area contributed by atoms with Crippen molar-refractivity contribution in [1.82, 2.24) is 14.9 Å². The summed E-state index contributed by atoms with van der Waals surface area (Å²) in [5, 5.41) is 10.7. The molecule has 8 heteroatoms. The van der Waals surface area contributed by atoms with E-state index in [-0.39, 0.29) is 12.1 Å². The van der Waals surface area contributed by atoms with E-state index < -0.39 is 0 Å². The summed E-state index contributed by atoms with van der Waals surface area (Å²) in [6.07, 6.45) is 1.75. The topological polar surface area (TPSA) is 71.0 Å². The normalized spacial score (nSPS) is 15.0. The van der Waals surface area contributed by atoms with Crippen molar-refractivity contribution in [2.75, 3.05) is 10.6 Å². The Bertz CT molecular complexity index is 1390. The van der Waals surface area contributed by atoms with Crippen molar-refractivity contribution < 1.29 is 4.79 Å². The van der Waals surface area contributed by atoms with Crippen LogP contribution in [0.15, 0.2) is 66.2 Å². The second-order valence-electron chi connectivity index (χ2n) is 7.92. The van der Waals surface area contributed by atoms with E-state index >= 15 is 0 Å². The maximum atomic E-state index is 13.2. The number of carbonyl (C=O) groups excluding carboxylic acids is 1. The van der Waals surface area contributed by atoms with Gasteiger partial charge in [-0.25, -0.2) is 4.98 Å². The summed E-state index contributed by atoms with van der Waals surface area (Å²) < 4.78 is 1.84. The Morgan fingerprint density at radius 3 is 2.37 bits per heavy atom. The molecule has 4 aromatic rings. The van der Waals surface area contributed by atoms with E-state index in [1.165, 1.54) is 0 Å². The minimum absolute atomic E-state index is 0.162. The number of rotatable bonds is 4. The van der Waals surface area contributed by atoms with Gasteiger partial charge in [0.25, 0.3) is 5.91 Å². The highest BCUT2D eigenvalue weighted by molar-refractivity contribution is 6.39. The summed E-state index contributed by atoms with van der Waals surface area (Å²) in [5.41, 5.74) is 5.35. The van der Waals surface area contributed by atoms with Crippen molar-refractivity contribution in [2.24, 2.45) is 7.05 Å². The predicted octanol–water partition coefficient (Wildman–Crippen LogP) is 7.23. The summed E-state index contributed by atoms with van der Waals surface area (Å²) in [5.74, 6) is 0.369. The maximum Gasteiger partial charge on any atom is 0.257 e. The molecule has 5 rings (SSSR count). The van der Waals surface area contributed by atoms with Crippen LogP contribution in [0.2, 0.25) is 10.0 Å². The van der Waals surface area contributed by atoms with Gasteiger partial charge in [0.05, 0.1) is 38.0 Å². The van der Waals surface area contributed by atoms with Gasteiger partial charge < -0.3 is 20.5 Å². The molecule has 1 amide bonds. The number of carbonyl (C=O) groups is 1. The highest BCUT2D eigenvalue weighted by atomic mass is 35.5. The van der Waals surface area contributed by atoms with Crippen molar-refractivity contribution in [2.45, 2.75) is 26.9 Å². The number of nitrogens with zero attached hydrogens (tertiary/aromatic N) is 2. The Kier molecular flexibility index (Phi) is 7.34. The lowest BCUT2D eigenvalue weighted by Crippen LogP contribution is -2.45. The molecule has 1 unspecified atom stereocenters. The number of para-hydroxylation sites is 1. The van der Waals surface area contributed by atoms with Crippen LogP contribution < -0.4 is 16.0 Å². The van der Waals surface area contributed by atoms with Gasteiger partial charge in [-0.3, -0.25) is 4.79 Å². The van der Waals surface area contributed by atoms with Gasteiger partial charge in [0.2, 0.25) is 5.95 Å². The molecule has 0 spiro atoms. The number of amides is 1. The summed E-state index contributed by atoms with van der Waals surface area (Å²) in [6.45, 7) is 5.99. The zero-order chi connectivity index (χ0) is 25.1. The zero-order valence-electron chi connectivity index (χ0n) is 20.0. The first kappa shape index (κ1) is 24.6. The van der Waals surface area contributed by atoms with Crippen LogP contribution in [0.25, 0.3) is 17.1 Å². The number of hydrogen-bond acceptors (Lipinski definition) is 4. The lowest BCUT2D eigenvalue weighted by molar-refractivity contribution is 0.0943. The average molecular weight is 508 g/mol. The lowest BCUT2D eigenvalue weighted by Gasteiger charge is -2.29. The standard InChI is InChI=1S/C25H21Cl2N5O.C2H6/c1-14(13-15-7-4-3-5-8-15)23-28-18-11-12-19-22(20(18)24(33)31-23)32(2)25(29-19)30-21-16(26)9-6-10-17(21)27;1-2/h3-13,23,28H,1-2H3,(H,29,30)(H,31,33);1-2H3/b14-13+;. The van der Waals surface area contributed by atoms with Gasteiger partial charge in [-0.2, -0.15) is 0 Å². The molecule has 0 saturated carbocycles. The molecular weight excluding hydrogens is 481 g/mol. The zero-order valence-corrected chi connectivity index (χ0v) is 21.5. The number of aryl methyl sites for hydroxylation is 1. The number of anilines is 3. The first-order valence-corrected chi connectivity index (χ1v) is 12.2. The van der Waals surface area contributed by atoms with Crippen LogP contribution in [0, 0.1) is 0 Å². The Morgan fingerprint density at radius 1 is 1.00 bits per heavy atom. The highest BCUT2D eigenvalue weighted by Gasteiger charge is 2.28. The van der Waals surface area contributed by atoms with Gasteiger partial charge >= 0.3 is 0 Å². The molecule has 0 saturated heterocycles. The minimum Gasteiger partial charge on any atom is -0.361 e. The first-order chi connectivity index (χ1) is 16.9. The Balaban J connectivity index is 0.00000141. The van der Waals surface area contributed by atoms with Crippen LogP contribution in [0.5, 0.6) is 0 Å². The molecule has 3 N–H and O–H groups in total. The van der Waals surface area contributed by atoms with Crippen molar-refractivity contribution in [3.05, 3.63) is 87.4 Å². The highest BCUT2D eigenvalue weighted by Crippen LogP contribution is 2.35. The average Bonchev–Trinajstić information content (AvgIpc) is 3.18. The molecule has 1 aromatic heterocycles. The van der Waals surface area contributed by atoms with Crippen molar-refractivity contribution >= 4 is 63.5 Å². The van der Waals surface area contributed by atoms with Crippen LogP contribution in [0.3, 0.4) is 0 Å². The van der Waals surface area contributed by atoms with Gasteiger partial charge in [-0.15, -0.1) is 0 Å². The molecule has 0 fully saturated rings. The summed E-state index contributed by atoms with van der Waals surface area (Å²) >= 11 is 12.6. The largest absolute Gasteiger partial charge is 0.361 e. The molecular formula is C27H27Cl2N5O. The molecule has 1 aliphatic rings. The Hall–Kier alpha value is -3.48. The van der Waals surface area contributed by atoms with Crippen molar-refractivity contribution in [3.8, 4) is 0 Å². The summed E-state index contributed by atoms with van der Waals surface area (Å²) in [7, 11) is 1.85. The minimum atomic E-state index is -0.310. The Morgan fingerprint density at radius 2 is 1.69 bits per heavy atom. The van der Waals surface area contributed by atoms with Crippen LogP contribution in [-0.4, -0.2) is 21.6 Å². The van der Waals surface area contributed by atoms with Crippen molar-refractivity contribution in [3.63, 3.8) is 0 Å². The maximum absolute atomic E-state index is 13.2. The summed E-state index contributed by atoms with van der Waals surface area (Å²) in [4.78, 5) is 17.9. The first-order valence-electron chi connectivity index (χ1n) is 11.4. The van der Waals surface area contributed by atoms with E-state index in [1.54, 1.807) is 18.2 Å². The third-order valence-corrected chi connectivity index (χ3v) is 6.32. The van der Waals surface area contributed by atoms with E-state index in [4.69, 9.17) is 23.2 Å². The fourth-order valence-electron chi connectivity index (χ4n) is 4.01. The van der Waals surface area contributed by atoms with Gasteiger partial charge in [0, 0.05) is 7.05 Å². The fraction of sp³-hybridized carbons (Fsp3) is 0.185. The van der Waals surface area contributed by atoms with Crippen LogP contribution >= 0.6 is 23.2 Å². The number of nitrogens with one attached hydrogen (secondary N) is 3. The number of imidazole rings is 1.